The Morgan fingerprint density at radius 3 is 3.00 bits per heavy atom. The maximum absolute atomic E-state index is 5.58. The topological polar surface area (TPSA) is 42.2 Å². The van der Waals surface area contributed by atoms with Crippen LogP contribution in [0, 0.1) is 12.8 Å². The van der Waals surface area contributed by atoms with E-state index in [1.54, 1.807) is 0 Å². The maximum atomic E-state index is 5.58. The van der Waals surface area contributed by atoms with E-state index in [9.17, 15) is 0 Å². The van der Waals surface area contributed by atoms with Crippen molar-refractivity contribution in [2.24, 2.45) is 11.7 Å². The van der Waals surface area contributed by atoms with E-state index in [-0.39, 0.29) is 0 Å². The Bertz CT molecular complexity index is 389. The summed E-state index contributed by atoms with van der Waals surface area (Å²) in [5.74, 6) is 2.04. The van der Waals surface area contributed by atoms with Gasteiger partial charge >= 0.3 is 0 Å². The Morgan fingerprint density at radius 2 is 2.33 bits per heavy atom. The Balaban J connectivity index is 2.05. The van der Waals surface area contributed by atoms with E-state index in [1.165, 1.54) is 42.8 Å². The van der Waals surface area contributed by atoms with Gasteiger partial charge in [-0.05, 0) is 49.8 Å². The van der Waals surface area contributed by atoms with Gasteiger partial charge in [-0.3, -0.25) is 0 Å². The molecule has 3 nitrogen and oxygen atoms in total. The minimum Gasteiger partial charge on any atom is -0.356 e. The lowest BCUT2D eigenvalue weighted by molar-refractivity contribution is 0.529. The van der Waals surface area contributed by atoms with Crippen molar-refractivity contribution >= 4 is 5.82 Å². The molecule has 100 valence electrons. The van der Waals surface area contributed by atoms with Crippen LogP contribution < -0.4 is 10.6 Å². The lowest BCUT2D eigenvalue weighted by Gasteiger charge is -2.20. The summed E-state index contributed by atoms with van der Waals surface area (Å²) in [6, 6.07) is 2.24. The molecule has 0 spiro atoms. The normalized spacial score (nSPS) is 19.5. The summed E-state index contributed by atoms with van der Waals surface area (Å²) in [5, 5.41) is 0. The zero-order chi connectivity index (χ0) is 13.0. The highest BCUT2D eigenvalue weighted by Crippen LogP contribution is 2.27. The number of anilines is 1. The second-order valence-electron chi connectivity index (χ2n) is 5.41. The lowest BCUT2D eigenvalue weighted by atomic mass is 10.0. The molecule has 1 aromatic rings. The summed E-state index contributed by atoms with van der Waals surface area (Å²) in [7, 11) is 0. The zero-order valence-electron chi connectivity index (χ0n) is 11.7. The molecule has 2 N–H and O–H groups in total. The number of rotatable bonds is 5. The molecule has 2 rings (SSSR count). The van der Waals surface area contributed by atoms with Crippen LogP contribution in [0.2, 0.25) is 0 Å². The summed E-state index contributed by atoms with van der Waals surface area (Å²) in [4.78, 5) is 7.09. The van der Waals surface area contributed by atoms with Crippen LogP contribution in [0.15, 0.2) is 12.3 Å². The van der Waals surface area contributed by atoms with Gasteiger partial charge in [-0.2, -0.15) is 0 Å². The summed E-state index contributed by atoms with van der Waals surface area (Å²) in [6.07, 6.45) is 6.87. The third kappa shape index (κ3) is 3.02. The number of nitrogens with zero attached hydrogens (tertiary/aromatic N) is 2. The Kier molecular flexibility index (Phi) is 4.59. The van der Waals surface area contributed by atoms with Gasteiger partial charge in [-0.15, -0.1) is 0 Å². The van der Waals surface area contributed by atoms with Crippen molar-refractivity contribution in [1.29, 1.82) is 0 Å². The molecule has 0 aromatic carbocycles. The van der Waals surface area contributed by atoms with Gasteiger partial charge in [-0.1, -0.05) is 19.4 Å². The van der Waals surface area contributed by atoms with Crippen molar-refractivity contribution in [1.82, 2.24) is 4.98 Å². The van der Waals surface area contributed by atoms with Crippen molar-refractivity contribution in [2.45, 2.75) is 39.5 Å². The molecule has 1 fully saturated rings. The van der Waals surface area contributed by atoms with Crippen LogP contribution in [0.4, 0.5) is 5.82 Å². The molecule has 0 radical (unpaired) electrons. The average molecular weight is 247 g/mol. The van der Waals surface area contributed by atoms with Gasteiger partial charge in [-0.25, -0.2) is 4.98 Å². The van der Waals surface area contributed by atoms with Crippen LogP contribution in [0.25, 0.3) is 0 Å². The van der Waals surface area contributed by atoms with E-state index < -0.39 is 0 Å². The van der Waals surface area contributed by atoms with Crippen LogP contribution in [0.5, 0.6) is 0 Å². The second-order valence-corrected chi connectivity index (χ2v) is 5.41. The Labute approximate surface area is 110 Å². The van der Waals surface area contributed by atoms with Crippen LogP contribution in [-0.2, 0) is 6.42 Å². The smallest absolute Gasteiger partial charge is 0.131 e. The number of hydrogen-bond donors (Lipinski definition) is 1. The highest BCUT2D eigenvalue weighted by molar-refractivity contribution is 5.48. The first-order valence-corrected chi connectivity index (χ1v) is 7.15. The molecular weight excluding hydrogens is 222 g/mol. The first kappa shape index (κ1) is 13.3. The number of hydrogen-bond acceptors (Lipinski definition) is 3. The standard InChI is InChI=1S/C15H25N3/c1-3-4-13-6-8-18(11-13)15-12(2)9-14(5-7-16)10-17-15/h9-10,13H,3-8,11,16H2,1-2H3. The largest absolute Gasteiger partial charge is 0.356 e. The molecule has 1 unspecified atom stereocenters. The van der Waals surface area contributed by atoms with Crippen molar-refractivity contribution in [2.75, 3.05) is 24.5 Å². The van der Waals surface area contributed by atoms with Gasteiger partial charge in [0.2, 0.25) is 0 Å². The summed E-state index contributed by atoms with van der Waals surface area (Å²) < 4.78 is 0. The van der Waals surface area contributed by atoms with Crippen molar-refractivity contribution in [3.05, 3.63) is 23.4 Å². The average Bonchev–Trinajstić information content (AvgIpc) is 2.78. The van der Waals surface area contributed by atoms with Gasteiger partial charge in [0.25, 0.3) is 0 Å². The molecular formula is C15H25N3. The number of nitrogens with two attached hydrogens (primary N) is 1. The highest BCUT2D eigenvalue weighted by Gasteiger charge is 2.23. The molecule has 18 heavy (non-hydrogen) atoms. The molecule has 1 aromatic heterocycles. The molecule has 1 saturated heterocycles. The number of aromatic nitrogens is 1. The molecule has 0 amide bonds. The van der Waals surface area contributed by atoms with Crippen LogP contribution >= 0.6 is 0 Å². The van der Waals surface area contributed by atoms with Gasteiger partial charge in [0, 0.05) is 19.3 Å². The second kappa shape index (κ2) is 6.19. The van der Waals surface area contributed by atoms with Crippen LogP contribution in [0.3, 0.4) is 0 Å². The van der Waals surface area contributed by atoms with Crippen molar-refractivity contribution in [3.8, 4) is 0 Å². The fourth-order valence-corrected chi connectivity index (χ4v) is 2.93. The Morgan fingerprint density at radius 1 is 1.50 bits per heavy atom. The van der Waals surface area contributed by atoms with Crippen LogP contribution in [-0.4, -0.2) is 24.6 Å². The SMILES string of the molecule is CCCC1CCN(c2ncc(CCN)cc2C)C1. The molecule has 3 heteroatoms. The van der Waals surface area contributed by atoms with Crippen LogP contribution in [0.1, 0.15) is 37.3 Å². The molecule has 0 aliphatic carbocycles. The van der Waals surface area contributed by atoms with E-state index in [4.69, 9.17) is 5.73 Å². The first-order chi connectivity index (χ1) is 8.74. The van der Waals surface area contributed by atoms with E-state index >= 15 is 0 Å². The molecule has 1 atom stereocenters. The van der Waals surface area contributed by atoms with E-state index in [0.717, 1.165) is 18.9 Å². The van der Waals surface area contributed by atoms with Crippen molar-refractivity contribution < 1.29 is 0 Å². The van der Waals surface area contributed by atoms with Gasteiger partial charge < -0.3 is 10.6 Å². The van der Waals surface area contributed by atoms with Gasteiger partial charge in [0.05, 0.1) is 0 Å². The van der Waals surface area contributed by atoms with E-state index in [1.807, 2.05) is 6.20 Å². The highest BCUT2D eigenvalue weighted by atomic mass is 15.2. The van der Waals surface area contributed by atoms with E-state index in [0.29, 0.717) is 6.54 Å². The quantitative estimate of drug-likeness (QED) is 0.869. The fourth-order valence-electron chi connectivity index (χ4n) is 2.93. The lowest BCUT2D eigenvalue weighted by Crippen LogP contribution is -2.22. The summed E-state index contributed by atoms with van der Waals surface area (Å²) in [6.45, 7) is 7.47. The molecule has 0 saturated carbocycles. The predicted octanol–water partition coefficient (Wildman–Crippen LogP) is 2.52. The molecule has 2 heterocycles. The summed E-state index contributed by atoms with van der Waals surface area (Å²) in [5.41, 5.74) is 8.13. The minimum atomic E-state index is 0.697. The number of pyridine rings is 1. The molecule has 1 aliphatic rings. The third-order valence-electron chi connectivity index (χ3n) is 3.82. The first-order valence-electron chi connectivity index (χ1n) is 7.15. The van der Waals surface area contributed by atoms with E-state index in [2.05, 4.69) is 29.8 Å². The zero-order valence-corrected chi connectivity index (χ0v) is 11.7. The van der Waals surface area contributed by atoms with Crippen molar-refractivity contribution in [3.63, 3.8) is 0 Å². The third-order valence-corrected chi connectivity index (χ3v) is 3.82. The van der Waals surface area contributed by atoms with Gasteiger partial charge in [0.1, 0.15) is 5.82 Å². The number of aryl methyl sites for hydroxylation is 1. The monoisotopic (exact) mass is 247 g/mol. The van der Waals surface area contributed by atoms with Gasteiger partial charge in [0.15, 0.2) is 0 Å². The fraction of sp³-hybridized carbons (Fsp3) is 0.667. The Hall–Kier alpha value is -1.09. The summed E-state index contributed by atoms with van der Waals surface area (Å²) >= 11 is 0. The predicted molar refractivity (Wildman–Crippen MR) is 77.0 cm³/mol. The minimum absolute atomic E-state index is 0.697. The maximum Gasteiger partial charge on any atom is 0.131 e. The molecule has 0 bridgehead atoms. The molecule has 1 aliphatic heterocycles.